The molecule has 1 unspecified atom stereocenters. The Balaban J connectivity index is 2.34. The van der Waals surface area contributed by atoms with E-state index in [-0.39, 0.29) is 28.7 Å². The number of rotatable bonds is 11. The molecule has 1 aliphatic rings. The summed E-state index contributed by atoms with van der Waals surface area (Å²) in [6.07, 6.45) is 3.73. The number of carbonyl (C=O) groups excluding carboxylic acids is 1. The third kappa shape index (κ3) is 7.35. The molecule has 0 spiro atoms. The Morgan fingerprint density at radius 2 is 1.92 bits per heavy atom. The number of nitrogens with two attached hydrogens (primary N) is 1. The van der Waals surface area contributed by atoms with Crippen LogP contribution in [0, 0.1) is 11.3 Å². The predicted molar refractivity (Wildman–Crippen MR) is 93.1 cm³/mol. The summed E-state index contributed by atoms with van der Waals surface area (Å²) in [5.41, 5.74) is 5.10. The predicted octanol–water partition coefficient (Wildman–Crippen LogP) is 0.448. The van der Waals surface area contributed by atoms with Crippen molar-refractivity contribution in [1.29, 1.82) is 0 Å². The van der Waals surface area contributed by atoms with Gasteiger partial charge in [0.25, 0.3) is 0 Å². The highest BCUT2D eigenvalue weighted by Crippen LogP contribution is 2.51. The van der Waals surface area contributed by atoms with Gasteiger partial charge in [0.2, 0.25) is 5.91 Å². The number of allylic oxidation sites excluding steroid dienone is 1. The summed E-state index contributed by atoms with van der Waals surface area (Å²) < 4.78 is 11.7. The molecule has 25 heavy (non-hydrogen) atoms. The monoisotopic (exact) mass is 374 g/mol. The maximum Gasteiger partial charge on any atom is 0.352 e. The molecule has 3 atom stereocenters. The van der Waals surface area contributed by atoms with Crippen molar-refractivity contribution >= 4 is 28.6 Å². The summed E-state index contributed by atoms with van der Waals surface area (Å²) in [6.45, 7) is 3.91. The van der Waals surface area contributed by atoms with E-state index in [0.717, 1.165) is 6.42 Å². The standard InChI is InChI=1S/C16H26N2O6S/c1-16(2)8-10(16)13(19)18-12(15(22)23)6-4-3-5-7-25(24)9-11(17)14(20)21/h6,10-11H,3-5,7-9,17H2,1-2H3,(H,18,19)(H,20,21)(H,22,23)/b12-6-/t10-,11+,25?/m1/s1. The number of hydrogen-bond acceptors (Lipinski definition) is 5. The van der Waals surface area contributed by atoms with Crippen LogP contribution < -0.4 is 11.1 Å². The third-order valence-electron chi connectivity index (χ3n) is 4.18. The molecule has 1 amide bonds. The molecule has 0 bridgehead atoms. The third-order valence-corrected chi connectivity index (χ3v) is 5.65. The van der Waals surface area contributed by atoms with Gasteiger partial charge in [-0.1, -0.05) is 19.9 Å². The average molecular weight is 374 g/mol. The van der Waals surface area contributed by atoms with Crippen LogP contribution in [0.15, 0.2) is 11.8 Å². The van der Waals surface area contributed by atoms with Crippen molar-refractivity contribution in [3.8, 4) is 0 Å². The Labute approximate surface area is 149 Å². The lowest BCUT2D eigenvalue weighted by molar-refractivity contribution is -0.138. The number of hydrogen-bond donors (Lipinski definition) is 4. The minimum atomic E-state index is -1.32. The minimum absolute atomic E-state index is 0.0748. The maximum atomic E-state index is 12.0. The van der Waals surface area contributed by atoms with Crippen molar-refractivity contribution < 1.29 is 28.8 Å². The van der Waals surface area contributed by atoms with E-state index in [1.807, 2.05) is 13.8 Å². The maximum absolute atomic E-state index is 12.0. The molecule has 142 valence electrons. The molecule has 8 nitrogen and oxygen atoms in total. The number of unbranched alkanes of at least 4 members (excludes halogenated alkanes) is 2. The Morgan fingerprint density at radius 1 is 1.32 bits per heavy atom. The Morgan fingerprint density at radius 3 is 2.40 bits per heavy atom. The molecule has 5 N–H and O–H groups in total. The highest BCUT2D eigenvalue weighted by atomic mass is 32.2. The first-order chi connectivity index (χ1) is 11.5. The molecule has 9 heteroatoms. The van der Waals surface area contributed by atoms with Crippen molar-refractivity contribution in [3.63, 3.8) is 0 Å². The zero-order valence-electron chi connectivity index (χ0n) is 14.5. The zero-order chi connectivity index (χ0) is 19.2. The van der Waals surface area contributed by atoms with E-state index in [1.54, 1.807) is 0 Å². The van der Waals surface area contributed by atoms with Gasteiger partial charge in [0.05, 0.1) is 0 Å². The average Bonchev–Trinajstić information content (AvgIpc) is 3.14. The van der Waals surface area contributed by atoms with Crippen LogP contribution in [0.1, 0.15) is 39.5 Å². The molecular weight excluding hydrogens is 348 g/mol. The van der Waals surface area contributed by atoms with Gasteiger partial charge >= 0.3 is 11.9 Å². The van der Waals surface area contributed by atoms with Gasteiger partial charge in [-0.15, -0.1) is 0 Å². The van der Waals surface area contributed by atoms with Crippen LogP contribution in [0.2, 0.25) is 0 Å². The largest absolute Gasteiger partial charge is 0.480 e. The van der Waals surface area contributed by atoms with Gasteiger partial charge in [-0.25, -0.2) is 4.79 Å². The molecule has 1 fully saturated rings. The number of amides is 1. The molecule has 0 saturated heterocycles. The van der Waals surface area contributed by atoms with Gasteiger partial charge in [0, 0.05) is 28.2 Å². The molecule has 0 aromatic rings. The zero-order valence-corrected chi connectivity index (χ0v) is 15.3. The van der Waals surface area contributed by atoms with Crippen LogP contribution in [0.3, 0.4) is 0 Å². The molecule has 1 saturated carbocycles. The lowest BCUT2D eigenvalue weighted by atomic mass is 10.1. The van der Waals surface area contributed by atoms with Crippen LogP contribution in [0.25, 0.3) is 0 Å². The molecular formula is C16H26N2O6S. The topological polar surface area (TPSA) is 147 Å². The summed E-state index contributed by atoms with van der Waals surface area (Å²) in [4.78, 5) is 33.7. The number of nitrogens with one attached hydrogen (secondary N) is 1. The van der Waals surface area contributed by atoms with Crippen LogP contribution in [-0.2, 0) is 25.2 Å². The van der Waals surface area contributed by atoms with Crippen molar-refractivity contribution in [3.05, 3.63) is 11.8 Å². The quantitative estimate of drug-likeness (QED) is 0.303. The molecule has 0 heterocycles. The van der Waals surface area contributed by atoms with Gasteiger partial charge < -0.3 is 21.3 Å². The van der Waals surface area contributed by atoms with E-state index in [1.165, 1.54) is 6.08 Å². The fourth-order valence-electron chi connectivity index (χ4n) is 2.34. The normalized spacial score (nSPS) is 21.2. The summed E-state index contributed by atoms with van der Waals surface area (Å²) in [5.74, 6) is -2.60. The first kappa shape index (κ1) is 21.3. The van der Waals surface area contributed by atoms with Crippen LogP contribution in [0.5, 0.6) is 0 Å². The molecule has 0 radical (unpaired) electrons. The van der Waals surface area contributed by atoms with Crippen molar-refractivity contribution in [2.45, 2.75) is 45.6 Å². The van der Waals surface area contributed by atoms with Gasteiger partial charge in [-0.05, 0) is 31.1 Å². The molecule has 0 aliphatic heterocycles. The first-order valence-electron chi connectivity index (χ1n) is 8.12. The van der Waals surface area contributed by atoms with E-state index in [4.69, 9.17) is 15.9 Å². The van der Waals surface area contributed by atoms with E-state index in [2.05, 4.69) is 5.32 Å². The van der Waals surface area contributed by atoms with Crippen LogP contribution in [-0.4, -0.2) is 49.8 Å². The first-order valence-corrected chi connectivity index (χ1v) is 9.61. The number of carboxylic acids is 2. The van der Waals surface area contributed by atoms with Crippen LogP contribution in [0.4, 0.5) is 0 Å². The molecule has 1 aliphatic carbocycles. The minimum Gasteiger partial charge on any atom is -0.480 e. The second-order valence-corrected chi connectivity index (χ2v) is 8.53. The SMILES string of the molecule is CC1(C)C[C@@H]1C(=O)N/C(=C\CCCCS(=O)C[C@H](N)C(=O)O)C(=O)O. The van der Waals surface area contributed by atoms with Crippen molar-refractivity contribution in [1.82, 2.24) is 5.32 Å². The molecule has 0 aromatic heterocycles. The number of aliphatic carboxylic acids is 2. The van der Waals surface area contributed by atoms with Gasteiger partial charge in [0.15, 0.2) is 0 Å². The van der Waals surface area contributed by atoms with Gasteiger partial charge in [-0.2, -0.15) is 0 Å². The van der Waals surface area contributed by atoms with E-state index in [0.29, 0.717) is 25.0 Å². The Hall–Kier alpha value is -1.74. The summed E-state index contributed by atoms with van der Waals surface area (Å²) >= 11 is 0. The second kappa shape index (κ2) is 9.10. The van der Waals surface area contributed by atoms with E-state index < -0.39 is 28.8 Å². The number of carbonyl (C=O) groups is 3. The summed E-state index contributed by atoms with van der Waals surface area (Å²) in [6, 6.07) is -1.14. The fraction of sp³-hybridized carbons (Fsp3) is 0.688. The smallest absolute Gasteiger partial charge is 0.352 e. The summed E-state index contributed by atoms with van der Waals surface area (Å²) in [7, 11) is -1.32. The summed E-state index contributed by atoms with van der Waals surface area (Å²) in [5, 5.41) is 20.2. The fourth-order valence-corrected chi connectivity index (χ4v) is 3.57. The molecule has 1 rings (SSSR count). The van der Waals surface area contributed by atoms with Crippen LogP contribution >= 0.6 is 0 Å². The highest BCUT2D eigenvalue weighted by Gasteiger charge is 2.50. The van der Waals surface area contributed by atoms with Gasteiger partial charge in [-0.3, -0.25) is 13.8 Å². The number of carboxylic acid groups (broad SMARTS) is 2. The lowest BCUT2D eigenvalue weighted by Crippen LogP contribution is -2.36. The van der Waals surface area contributed by atoms with E-state index in [9.17, 15) is 18.6 Å². The Kier molecular flexibility index (Phi) is 7.75. The van der Waals surface area contributed by atoms with E-state index >= 15 is 0 Å². The van der Waals surface area contributed by atoms with Crippen molar-refractivity contribution in [2.75, 3.05) is 11.5 Å². The highest BCUT2D eigenvalue weighted by molar-refractivity contribution is 7.85. The van der Waals surface area contributed by atoms with Gasteiger partial charge in [0.1, 0.15) is 11.7 Å². The Bertz CT molecular complexity index is 587. The molecule has 0 aromatic carbocycles. The van der Waals surface area contributed by atoms with Crippen molar-refractivity contribution in [2.24, 2.45) is 17.1 Å². The second-order valence-electron chi connectivity index (χ2n) is 6.91. The lowest BCUT2D eigenvalue weighted by Gasteiger charge is -2.08.